The van der Waals surface area contributed by atoms with Crippen molar-refractivity contribution in [1.82, 2.24) is 9.97 Å². The number of nitrogen functional groups attached to an aromatic ring is 1. The molecule has 0 saturated carbocycles. The minimum absolute atomic E-state index is 0.717. The Morgan fingerprint density at radius 2 is 2.11 bits per heavy atom. The van der Waals surface area contributed by atoms with E-state index in [9.17, 15) is 0 Å². The molecule has 19 heavy (non-hydrogen) atoms. The number of methoxy groups -OCH3 is 1. The second-order valence-corrected chi connectivity index (χ2v) is 5.07. The molecule has 0 spiro atoms. The molecule has 0 bridgehead atoms. The Balaban J connectivity index is 2.19. The number of aromatic nitrogens is 2. The first-order valence-electron chi connectivity index (χ1n) is 5.76. The SMILES string of the molecule is COc1cc(Br)c2nc(-c3cccc(N)c3)[nH]c2c1. The maximum absolute atomic E-state index is 5.79. The van der Waals surface area contributed by atoms with Crippen molar-refractivity contribution in [1.29, 1.82) is 0 Å². The summed E-state index contributed by atoms with van der Waals surface area (Å²) in [5.74, 6) is 1.57. The Morgan fingerprint density at radius 3 is 2.84 bits per heavy atom. The zero-order chi connectivity index (χ0) is 13.4. The molecule has 0 radical (unpaired) electrons. The van der Waals surface area contributed by atoms with Gasteiger partial charge in [0.05, 0.1) is 12.6 Å². The molecule has 5 heteroatoms. The molecule has 0 fully saturated rings. The van der Waals surface area contributed by atoms with Gasteiger partial charge in [0.15, 0.2) is 0 Å². The number of rotatable bonds is 2. The predicted molar refractivity (Wildman–Crippen MR) is 80.2 cm³/mol. The fourth-order valence-electron chi connectivity index (χ4n) is 1.99. The van der Waals surface area contributed by atoms with Crippen LogP contribution in [-0.2, 0) is 0 Å². The molecule has 0 aliphatic carbocycles. The third-order valence-electron chi connectivity index (χ3n) is 2.91. The molecule has 0 atom stereocenters. The van der Waals surface area contributed by atoms with Crippen molar-refractivity contribution in [3.05, 3.63) is 40.9 Å². The number of ether oxygens (including phenoxy) is 1. The van der Waals surface area contributed by atoms with E-state index >= 15 is 0 Å². The Hall–Kier alpha value is -2.01. The van der Waals surface area contributed by atoms with Crippen LogP contribution in [0.4, 0.5) is 5.69 Å². The molecule has 0 aliphatic rings. The molecule has 96 valence electrons. The van der Waals surface area contributed by atoms with E-state index in [1.54, 1.807) is 7.11 Å². The molecule has 2 aromatic carbocycles. The maximum atomic E-state index is 5.79. The van der Waals surface area contributed by atoms with Crippen molar-refractivity contribution in [3.63, 3.8) is 0 Å². The standard InChI is InChI=1S/C14H12BrN3O/c1-19-10-6-11(15)13-12(7-10)17-14(18-13)8-3-2-4-9(16)5-8/h2-7H,16H2,1H3,(H,17,18). The van der Waals surface area contributed by atoms with Crippen molar-refractivity contribution >= 4 is 32.7 Å². The van der Waals surface area contributed by atoms with Crippen molar-refractivity contribution in [2.45, 2.75) is 0 Å². The molecule has 1 aromatic heterocycles. The fourth-order valence-corrected chi connectivity index (χ4v) is 2.52. The van der Waals surface area contributed by atoms with Gasteiger partial charge in [-0.1, -0.05) is 12.1 Å². The number of hydrogen-bond acceptors (Lipinski definition) is 3. The Kier molecular flexibility index (Phi) is 2.91. The van der Waals surface area contributed by atoms with Gasteiger partial charge in [-0.05, 0) is 34.1 Å². The van der Waals surface area contributed by atoms with E-state index < -0.39 is 0 Å². The van der Waals surface area contributed by atoms with Gasteiger partial charge in [-0.2, -0.15) is 0 Å². The number of fused-ring (bicyclic) bond motifs is 1. The lowest BCUT2D eigenvalue weighted by atomic mass is 10.2. The smallest absolute Gasteiger partial charge is 0.138 e. The number of hydrogen-bond donors (Lipinski definition) is 2. The van der Waals surface area contributed by atoms with Crippen LogP contribution in [0.25, 0.3) is 22.4 Å². The number of imidazole rings is 1. The van der Waals surface area contributed by atoms with Crippen LogP contribution in [0.1, 0.15) is 0 Å². The molecule has 3 aromatic rings. The average molecular weight is 318 g/mol. The first-order valence-corrected chi connectivity index (χ1v) is 6.56. The van der Waals surface area contributed by atoms with Crippen molar-refractivity contribution in [2.24, 2.45) is 0 Å². The second kappa shape index (κ2) is 4.59. The molecular formula is C14H12BrN3O. The summed E-state index contributed by atoms with van der Waals surface area (Å²) in [5, 5.41) is 0. The van der Waals surface area contributed by atoms with Gasteiger partial charge in [0.2, 0.25) is 0 Å². The summed E-state index contributed by atoms with van der Waals surface area (Å²) in [6.07, 6.45) is 0. The quantitative estimate of drug-likeness (QED) is 0.710. The summed E-state index contributed by atoms with van der Waals surface area (Å²) in [7, 11) is 1.64. The molecule has 3 rings (SSSR count). The molecule has 0 amide bonds. The Labute approximate surface area is 118 Å². The summed E-state index contributed by atoms with van der Waals surface area (Å²) in [6.45, 7) is 0. The number of H-pyrrole nitrogens is 1. The maximum Gasteiger partial charge on any atom is 0.138 e. The van der Waals surface area contributed by atoms with Crippen LogP contribution in [-0.4, -0.2) is 17.1 Å². The Morgan fingerprint density at radius 1 is 1.26 bits per heavy atom. The van der Waals surface area contributed by atoms with E-state index in [4.69, 9.17) is 10.5 Å². The topological polar surface area (TPSA) is 63.9 Å². The minimum atomic E-state index is 0.717. The highest BCUT2D eigenvalue weighted by Crippen LogP contribution is 2.30. The van der Waals surface area contributed by atoms with Crippen LogP contribution < -0.4 is 10.5 Å². The monoisotopic (exact) mass is 317 g/mol. The molecular weight excluding hydrogens is 306 g/mol. The zero-order valence-corrected chi connectivity index (χ0v) is 11.9. The fraction of sp³-hybridized carbons (Fsp3) is 0.0714. The number of nitrogens with zero attached hydrogens (tertiary/aromatic N) is 1. The number of aromatic amines is 1. The van der Waals surface area contributed by atoms with Gasteiger partial charge in [0, 0.05) is 21.8 Å². The molecule has 3 N–H and O–H groups in total. The van der Waals surface area contributed by atoms with Crippen LogP contribution in [0, 0.1) is 0 Å². The van der Waals surface area contributed by atoms with Crippen LogP contribution in [0.3, 0.4) is 0 Å². The molecule has 1 heterocycles. The van der Waals surface area contributed by atoms with Gasteiger partial charge in [-0.3, -0.25) is 0 Å². The first-order chi connectivity index (χ1) is 9.17. The summed E-state index contributed by atoms with van der Waals surface area (Å²) >= 11 is 3.50. The zero-order valence-electron chi connectivity index (χ0n) is 10.3. The summed E-state index contributed by atoms with van der Waals surface area (Å²) < 4.78 is 6.14. The number of halogens is 1. The third-order valence-corrected chi connectivity index (χ3v) is 3.51. The van der Waals surface area contributed by atoms with E-state index in [2.05, 4.69) is 25.9 Å². The highest BCUT2D eigenvalue weighted by molar-refractivity contribution is 9.10. The van der Waals surface area contributed by atoms with Gasteiger partial charge in [-0.15, -0.1) is 0 Å². The Bertz CT molecular complexity index is 752. The lowest BCUT2D eigenvalue weighted by Gasteiger charge is -1.99. The van der Waals surface area contributed by atoms with E-state index in [1.807, 2.05) is 36.4 Å². The van der Waals surface area contributed by atoms with E-state index in [0.717, 1.165) is 38.3 Å². The number of benzene rings is 2. The van der Waals surface area contributed by atoms with Gasteiger partial charge >= 0.3 is 0 Å². The lowest BCUT2D eigenvalue weighted by molar-refractivity contribution is 0.415. The molecule has 0 unspecified atom stereocenters. The van der Waals surface area contributed by atoms with E-state index in [0.29, 0.717) is 0 Å². The van der Waals surface area contributed by atoms with Crippen LogP contribution in [0.15, 0.2) is 40.9 Å². The molecule has 0 aliphatic heterocycles. The van der Waals surface area contributed by atoms with Gasteiger partial charge in [0.25, 0.3) is 0 Å². The average Bonchev–Trinajstić information content (AvgIpc) is 2.83. The largest absolute Gasteiger partial charge is 0.497 e. The first kappa shape index (κ1) is 12.0. The highest BCUT2D eigenvalue weighted by Gasteiger charge is 2.10. The van der Waals surface area contributed by atoms with Gasteiger partial charge in [-0.25, -0.2) is 4.98 Å². The predicted octanol–water partition coefficient (Wildman–Crippen LogP) is 3.58. The van der Waals surface area contributed by atoms with E-state index in [-0.39, 0.29) is 0 Å². The van der Waals surface area contributed by atoms with Crippen molar-refractivity contribution < 1.29 is 4.74 Å². The minimum Gasteiger partial charge on any atom is -0.497 e. The lowest BCUT2D eigenvalue weighted by Crippen LogP contribution is -1.86. The van der Waals surface area contributed by atoms with Crippen LogP contribution in [0.2, 0.25) is 0 Å². The van der Waals surface area contributed by atoms with Gasteiger partial charge in [0.1, 0.15) is 17.1 Å². The molecule has 0 saturated heterocycles. The summed E-state index contributed by atoms with van der Waals surface area (Å²) in [4.78, 5) is 7.86. The van der Waals surface area contributed by atoms with Crippen LogP contribution >= 0.6 is 15.9 Å². The highest BCUT2D eigenvalue weighted by atomic mass is 79.9. The summed E-state index contributed by atoms with van der Waals surface area (Å²) in [6, 6.07) is 11.4. The summed E-state index contributed by atoms with van der Waals surface area (Å²) in [5.41, 5.74) is 9.27. The normalized spacial score (nSPS) is 10.8. The third kappa shape index (κ3) is 2.17. The number of nitrogens with one attached hydrogen (secondary N) is 1. The second-order valence-electron chi connectivity index (χ2n) is 4.22. The van der Waals surface area contributed by atoms with Crippen molar-refractivity contribution in [3.8, 4) is 17.1 Å². The number of anilines is 1. The molecule has 4 nitrogen and oxygen atoms in total. The number of nitrogens with two attached hydrogens (primary N) is 1. The van der Waals surface area contributed by atoms with Crippen LogP contribution in [0.5, 0.6) is 5.75 Å². The van der Waals surface area contributed by atoms with E-state index in [1.165, 1.54) is 0 Å². The van der Waals surface area contributed by atoms with Gasteiger partial charge < -0.3 is 15.5 Å². The van der Waals surface area contributed by atoms with Crippen molar-refractivity contribution in [2.75, 3.05) is 12.8 Å².